The molecule has 0 saturated carbocycles. The third-order valence-electron chi connectivity index (χ3n) is 4.28. The maximum atomic E-state index is 12.3. The van der Waals surface area contributed by atoms with E-state index < -0.39 is 0 Å². The van der Waals surface area contributed by atoms with Gasteiger partial charge in [0.2, 0.25) is 0 Å². The van der Waals surface area contributed by atoms with Crippen LogP contribution in [0.25, 0.3) is 0 Å². The number of aromatic nitrogens is 1. The van der Waals surface area contributed by atoms with Crippen molar-refractivity contribution < 1.29 is 14.3 Å². The topological polar surface area (TPSA) is 75.7 Å². The maximum Gasteiger partial charge on any atom is 0.274 e. The van der Waals surface area contributed by atoms with Gasteiger partial charge in [-0.15, -0.1) is 0 Å². The van der Waals surface area contributed by atoms with Crippen molar-refractivity contribution in [2.24, 2.45) is 0 Å². The summed E-state index contributed by atoms with van der Waals surface area (Å²) in [5.41, 5.74) is 1.99. The third kappa shape index (κ3) is 5.94. The Morgan fingerprint density at radius 1 is 1.15 bits per heavy atom. The van der Waals surface area contributed by atoms with Crippen LogP contribution in [-0.2, 0) is 4.74 Å². The highest BCUT2D eigenvalue weighted by Gasteiger charge is 2.10. The van der Waals surface area contributed by atoms with Crippen LogP contribution in [-0.4, -0.2) is 61.8 Å². The monoisotopic (exact) mass is 370 g/mol. The largest absolute Gasteiger partial charge is 0.494 e. The number of carbonyl (C=O) groups excluding carboxylic acids is 1. The number of hydrogen-bond acceptors (Lipinski definition) is 6. The number of rotatable bonds is 8. The van der Waals surface area contributed by atoms with E-state index in [2.05, 4.69) is 20.5 Å². The van der Waals surface area contributed by atoms with Crippen LogP contribution in [0.15, 0.2) is 42.6 Å². The molecule has 2 N–H and O–H groups in total. The van der Waals surface area contributed by atoms with Gasteiger partial charge in [-0.25, -0.2) is 4.98 Å². The van der Waals surface area contributed by atoms with Crippen LogP contribution in [0.3, 0.4) is 0 Å². The van der Waals surface area contributed by atoms with Crippen molar-refractivity contribution in [1.29, 1.82) is 0 Å². The third-order valence-corrected chi connectivity index (χ3v) is 4.28. The quantitative estimate of drug-likeness (QED) is 0.744. The van der Waals surface area contributed by atoms with Crippen molar-refractivity contribution in [3.05, 3.63) is 48.3 Å². The number of nitrogens with one attached hydrogen (secondary N) is 2. The van der Waals surface area contributed by atoms with Crippen LogP contribution in [0.1, 0.15) is 17.4 Å². The molecule has 1 amide bonds. The first kappa shape index (κ1) is 19.1. The van der Waals surface area contributed by atoms with Crippen LogP contribution >= 0.6 is 0 Å². The molecular formula is C20H26N4O3. The van der Waals surface area contributed by atoms with Crippen molar-refractivity contribution >= 4 is 17.3 Å². The molecule has 0 aliphatic carbocycles. The summed E-state index contributed by atoms with van der Waals surface area (Å²) in [6.07, 6.45) is 1.69. The van der Waals surface area contributed by atoms with Gasteiger partial charge in [0.05, 0.1) is 31.7 Å². The molecule has 1 aliphatic heterocycles. The molecule has 7 nitrogen and oxygen atoms in total. The summed E-state index contributed by atoms with van der Waals surface area (Å²) in [7, 11) is 0. The minimum absolute atomic E-state index is 0.237. The predicted octanol–water partition coefficient (Wildman–Crippen LogP) is 2.48. The number of ether oxygens (including phenoxy) is 2. The Balaban J connectivity index is 1.46. The zero-order valence-corrected chi connectivity index (χ0v) is 15.6. The molecule has 1 aromatic carbocycles. The lowest BCUT2D eigenvalue weighted by atomic mass is 10.2. The van der Waals surface area contributed by atoms with Gasteiger partial charge in [-0.3, -0.25) is 9.69 Å². The van der Waals surface area contributed by atoms with E-state index in [0.29, 0.717) is 18.0 Å². The molecule has 144 valence electrons. The molecule has 1 aromatic heterocycles. The Kier molecular flexibility index (Phi) is 7.01. The summed E-state index contributed by atoms with van der Waals surface area (Å²) >= 11 is 0. The first-order valence-electron chi connectivity index (χ1n) is 9.29. The lowest BCUT2D eigenvalue weighted by Crippen LogP contribution is -2.39. The number of morpholine rings is 1. The molecule has 27 heavy (non-hydrogen) atoms. The molecule has 0 radical (unpaired) electrons. The highest BCUT2D eigenvalue weighted by molar-refractivity contribution is 6.02. The molecular weight excluding hydrogens is 344 g/mol. The van der Waals surface area contributed by atoms with E-state index in [1.54, 1.807) is 12.3 Å². The molecule has 7 heteroatoms. The Morgan fingerprint density at radius 2 is 1.89 bits per heavy atom. The molecule has 2 heterocycles. The van der Waals surface area contributed by atoms with Gasteiger partial charge in [-0.1, -0.05) is 0 Å². The summed E-state index contributed by atoms with van der Waals surface area (Å²) in [4.78, 5) is 18.9. The predicted molar refractivity (Wildman–Crippen MR) is 106 cm³/mol. The van der Waals surface area contributed by atoms with Crippen LogP contribution < -0.4 is 15.4 Å². The summed E-state index contributed by atoms with van der Waals surface area (Å²) in [6.45, 7) is 7.91. The Hall–Kier alpha value is -2.64. The fraction of sp³-hybridized carbons (Fsp3) is 0.400. The lowest BCUT2D eigenvalue weighted by Gasteiger charge is -2.26. The second kappa shape index (κ2) is 9.89. The van der Waals surface area contributed by atoms with E-state index in [-0.39, 0.29) is 5.91 Å². The summed E-state index contributed by atoms with van der Waals surface area (Å²) in [5, 5.41) is 6.17. The van der Waals surface area contributed by atoms with Crippen LogP contribution in [0.4, 0.5) is 11.4 Å². The van der Waals surface area contributed by atoms with Gasteiger partial charge in [0.25, 0.3) is 5.91 Å². The molecule has 0 bridgehead atoms. The highest BCUT2D eigenvalue weighted by Crippen LogP contribution is 2.16. The maximum absolute atomic E-state index is 12.3. The molecule has 0 atom stereocenters. The number of pyridine rings is 1. The van der Waals surface area contributed by atoms with Crippen molar-refractivity contribution in [1.82, 2.24) is 9.88 Å². The second-order valence-electron chi connectivity index (χ2n) is 6.22. The van der Waals surface area contributed by atoms with Gasteiger partial charge in [-0.05, 0) is 43.3 Å². The second-order valence-corrected chi connectivity index (χ2v) is 6.22. The standard InChI is InChI=1S/C20H26N4O3/c1-2-27-18-6-3-16(4-7-18)23-20(25)19-8-5-17(15-22-19)21-9-10-24-11-13-26-14-12-24/h3-8,15,21H,2,9-14H2,1H3,(H,23,25). The van der Waals surface area contributed by atoms with Gasteiger partial charge in [0.15, 0.2) is 0 Å². The Bertz CT molecular complexity index is 713. The van der Waals surface area contributed by atoms with Crippen molar-refractivity contribution in [3.63, 3.8) is 0 Å². The van der Waals surface area contributed by atoms with E-state index in [1.807, 2.05) is 37.3 Å². The average molecular weight is 370 g/mol. The Morgan fingerprint density at radius 3 is 2.56 bits per heavy atom. The fourth-order valence-corrected chi connectivity index (χ4v) is 2.81. The Labute approximate surface area is 159 Å². The first-order valence-corrected chi connectivity index (χ1v) is 9.29. The summed E-state index contributed by atoms with van der Waals surface area (Å²) in [6, 6.07) is 10.9. The van der Waals surface area contributed by atoms with Gasteiger partial charge in [0, 0.05) is 31.9 Å². The lowest BCUT2D eigenvalue weighted by molar-refractivity contribution is 0.0398. The SMILES string of the molecule is CCOc1ccc(NC(=O)c2ccc(NCCN3CCOCC3)cn2)cc1. The van der Waals surface area contributed by atoms with E-state index in [1.165, 1.54) is 0 Å². The van der Waals surface area contributed by atoms with Crippen LogP contribution in [0.5, 0.6) is 5.75 Å². The van der Waals surface area contributed by atoms with Crippen LogP contribution in [0, 0.1) is 0 Å². The number of amides is 1. The summed E-state index contributed by atoms with van der Waals surface area (Å²) in [5.74, 6) is 0.542. The number of hydrogen-bond donors (Lipinski definition) is 2. The molecule has 0 spiro atoms. The zero-order valence-electron chi connectivity index (χ0n) is 15.6. The fourth-order valence-electron chi connectivity index (χ4n) is 2.81. The molecule has 1 fully saturated rings. The van der Waals surface area contributed by atoms with Gasteiger partial charge in [-0.2, -0.15) is 0 Å². The number of nitrogens with zero attached hydrogens (tertiary/aromatic N) is 2. The highest BCUT2D eigenvalue weighted by atomic mass is 16.5. The molecule has 1 saturated heterocycles. The number of anilines is 2. The normalized spacial score (nSPS) is 14.6. The van der Waals surface area contributed by atoms with Crippen LogP contribution in [0.2, 0.25) is 0 Å². The molecule has 2 aromatic rings. The van der Waals surface area contributed by atoms with Gasteiger partial charge in [0.1, 0.15) is 11.4 Å². The molecule has 3 rings (SSSR count). The van der Waals surface area contributed by atoms with E-state index in [0.717, 1.165) is 50.8 Å². The van der Waals surface area contributed by atoms with Gasteiger partial charge >= 0.3 is 0 Å². The van der Waals surface area contributed by atoms with Crippen molar-refractivity contribution in [2.45, 2.75) is 6.92 Å². The zero-order chi connectivity index (χ0) is 18.9. The van der Waals surface area contributed by atoms with Crippen molar-refractivity contribution in [3.8, 4) is 5.75 Å². The molecule has 1 aliphatic rings. The summed E-state index contributed by atoms with van der Waals surface area (Å²) < 4.78 is 10.7. The van der Waals surface area contributed by atoms with Crippen molar-refractivity contribution in [2.75, 3.05) is 56.6 Å². The smallest absolute Gasteiger partial charge is 0.274 e. The number of carbonyl (C=O) groups is 1. The van der Waals surface area contributed by atoms with E-state index in [9.17, 15) is 4.79 Å². The minimum atomic E-state index is -0.237. The number of benzene rings is 1. The van der Waals surface area contributed by atoms with E-state index in [4.69, 9.17) is 9.47 Å². The first-order chi connectivity index (χ1) is 13.2. The molecule has 0 unspecified atom stereocenters. The van der Waals surface area contributed by atoms with E-state index >= 15 is 0 Å². The minimum Gasteiger partial charge on any atom is -0.494 e. The average Bonchev–Trinajstić information content (AvgIpc) is 2.71. The van der Waals surface area contributed by atoms with Gasteiger partial charge < -0.3 is 20.1 Å².